The number of aryl methyl sites for hydroxylation is 1. The Labute approximate surface area is 223 Å². The number of carbonyl (C=O) groups is 2. The molecule has 0 saturated heterocycles. The summed E-state index contributed by atoms with van der Waals surface area (Å²) in [5, 5.41) is 0. The number of alkyl halides is 3. The van der Waals surface area contributed by atoms with Gasteiger partial charge >= 0.3 is 18.1 Å². The largest absolute Gasteiger partial charge is 0.468 e. The van der Waals surface area contributed by atoms with Crippen LogP contribution in [0.4, 0.5) is 13.2 Å². The summed E-state index contributed by atoms with van der Waals surface area (Å²) in [5.74, 6) is -1.83. The summed E-state index contributed by atoms with van der Waals surface area (Å²) in [6, 6.07) is 11.1. The topological polar surface area (TPSA) is 112 Å². The van der Waals surface area contributed by atoms with Gasteiger partial charge in [-0.2, -0.15) is 17.5 Å². The molecule has 0 fully saturated rings. The lowest BCUT2D eigenvalue weighted by Gasteiger charge is -2.28. The summed E-state index contributed by atoms with van der Waals surface area (Å²) in [6.07, 6.45) is -4.53. The fourth-order valence-corrected chi connectivity index (χ4v) is 5.09. The Kier molecular flexibility index (Phi) is 8.97. The third-order valence-corrected chi connectivity index (χ3v) is 7.61. The van der Waals surface area contributed by atoms with E-state index in [0.717, 1.165) is 48.4 Å². The molecule has 0 aliphatic rings. The van der Waals surface area contributed by atoms with Crippen LogP contribution in [-0.2, 0) is 30.5 Å². The van der Waals surface area contributed by atoms with E-state index < -0.39 is 46.3 Å². The van der Waals surface area contributed by atoms with E-state index in [1.54, 1.807) is 19.1 Å². The highest BCUT2D eigenvalue weighted by Crippen LogP contribution is 2.33. The van der Waals surface area contributed by atoms with E-state index in [9.17, 15) is 31.2 Å². The standard InChI is InChI=1S/C26H25F3N2O7S/c1-16-5-11-20(12-6-16)39(34,35)31(15-23(32)36-3)17(2)24-21(25(33)37-4)13-14-22(30-24)38-19-9-7-18(8-10-19)26(27,28)29/h5-14,17H,15H2,1-4H3. The van der Waals surface area contributed by atoms with E-state index in [1.165, 1.54) is 31.2 Å². The first-order valence-corrected chi connectivity index (χ1v) is 12.8. The first-order valence-electron chi connectivity index (χ1n) is 11.4. The maximum Gasteiger partial charge on any atom is 0.416 e. The molecule has 208 valence electrons. The summed E-state index contributed by atoms with van der Waals surface area (Å²) >= 11 is 0. The van der Waals surface area contributed by atoms with Gasteiger partial charge in [0.25, 0.3) is 0 Å². The van der Waals surface area contributed by atoms with Crippen molar-refractivity contribution >= 4 is 22.0 Å². The van der Waals surface area contributed by atoms with Gasteiger partial charge in [0.2, 0.25) is 15.9 Å². The molecular formula is C26H25F3N2O7S. The molecule has 2 aromatic carbocycles. The van der Waals surface area contributed by atoms with Crippen molar-refractivity contribution in [2.75, 3.05) is 20.8 Å². The third kappa shape index (κ3) is 6.92. The van der Waals surface area contributed by atoms with Gasteiger partial charge in [-0.3, -0.25) is 4.79 Å². The summed E-state index contributed by atoms with van der Waals surface area (Å²) in [6.45, 7) is 2.48. The van der Waals surface area contributed by atoms with Crippen LogP contribution in [0, 0.1) is 6.92 Å². The maximum atomic E-state index is 13.6. The number of pyridine rings is 1. The van der Waals surface area contributed by atoms with Gasteiger partial charge in [-0.1, -0.05) is 17.7 Å². The van der Waals surface area contributed by atoms with Crippen molar-refractivity contribution in [1.82, 2.24) is 9.29 Å². The molecule has 0 aliphatic carbocycles. The maximum absolute atomic E-state index is 13.6. The molecule has 0 amide bonds. The molecule has 39 heavy (non-hydrogen) atoms. The number of sulfonamides is 1. The molecule has 1 atom stereocenters. The second-order valence-corrected chi connectivity index (χ2v) is 10.2. The average Bonchev–Trinajstić information content (AvgIpc) is 2.90. The van der Waals surface area contributed by atoms with Crippen LogP contribution in [0.5, 0.6) is 11.6 Å². The Morgan fingerprint density at radius 3 is 2.10 bits per heavy atom. The smallest absolute Gasteiger partial charge is 0.416 e. The average molecular weight is 567 g/mol. The number of rotatable bonds is 9. The van der Waals surface area contributed by atoms with Crippen molar-refractivity contribution in [2.45, 2.75) is 31.0 Å². The summed E-state index contributed by atoms with van der Waals surface area (Å²) in [4.78, 5) is 28.9. The second-order valence-electron chi connectivity index (χ2n) is 8.31. The Bertz CT molecular complexity index is 1440. The Morgan fingerprint density at radius 1 is 0.949 bits per heavy atom. The van der Waals surface area contributed by atoms with E-state index >= 15 is 0 Å². The molecule has 9 nitrogen and oxygen atoms in total. The quantitative estimate of drug-likeness (QED) is 0.336. The van der Waals surface area contributed by atoms with Gasteiger partial charge in [0, 0.05) is 6.07 Å². The van der Waals surface area contributed by atoms with Crippen LogP contribution in [-0.4, -0.2) is 50.4 Å². The van der Waals surface area contributed by atoms with Crippen molar-refractivity contribution in [2.24, 2.45) is 0 Å². The number of esters is 2. The minimum Gasteiger partial charge on any atom is -0.468 e. The zero-order valence-corrected chi connectivity index (χ0v) is 22.2. The highest BCUT2D eigenvalue weighted by molar-refractivity contribution is 7.89. The molecule has 0 N–H and O–H groups in total. The number of hydrogen-bond donors (Lipinski definition) is 0. The van der Waals surface area contributed by atoms with Gasteiger partial charge < -0.3 is 14.2 Å². The van der Waals surface area contributed by atoms with E-state index in [4.69, 9.17) is 14.2 Å². The lowest BCUT2D eigenvalue weighted by atomic mass is 10.1. The van der Waals surface area contributed by atoms with Crippen LogP contribution in [0.1, 0.15) is 40.1 Å². The predicted octanol–water partition coefficient (Wildman–Crippen LogP) is 4.91. The fourth-order valence-electron chi connectivity index (χ4n) is 3.55. The van der Waals surface area contributed by atoms with Crippen molar-refractivity contribution < 1.29 is 45.4 Å². The molecule has 0 bridgehead atoms. The normalized spacial score (nSPS) is 12.6. The number of benzene rings is 2. The highest BCUT2D eigenvalue weighted by Gasteiger charge is 2.35. The van der Waals surface area contributed by atoms with E-state index in [1.807, 2.05) is 0 Å². The molecule has 1 unspecified atom stereocenters. The van der Waals surface area contributed by atoms with Crippen molar-refractivity contribution in [3.63, 3.8) is 0 Å². The molecule has 0 spiro atoms. The van der Waals surface area contributed by atoms with Gasteiger partial charge in [0.05, 0.1) is 42.0 Å². The molecule has 1 heterocycles. The lowest BCUT2D eigenvalue weighted by molar-refractivity contribution is -0.141. The van der Waals surface area contributed by atoms with Gasteiger partial charge in [-0.05, 0) is 56.3 Å². The first-order chi connectivity index (χ1) is 18.3. The van der Waals surface area contributed by atoms with Crippen LogP contribution in [0.2, 0.25) is 0 Å². The van der Waals surface area contributed by atoms with Gasteiger partial charge in [0.1, 0.15) is 12.3 Å². The Morgan fingerprint density at radius 2 is 1.56 bits per heavy atom. The van der Waals surface area contributed by atoms with Crippen LogP contribution >= 0.6 is 0 Å². The molecule has 1 aromatic heterocycles. The fraction of sp³-hybridized carbons (Fsp3) is 0.269. The SMILES string of the molecule is COC(=O)CN(C(C)c1nc(Oc2ccc(C(F)(F)F)cc2)ccc1C(=O)OC)S(=O)(=O)c1ccc(C)cc1. The van der Waals surface area contributed by atoms with Gasteiger partial charge in [-0.15, -0.1) is 0 Å². The molecular weight excluding hydrogens is 541 g/mol. The van der Waals surface area contributed by atoms with E-state index in [0.29, 0.717) is 0 Å². The summed E-state index contributed by atoms with van der Waals surface area (Å²) < 4.78 is 81.8. The Hall–Kier alpha value is -3.97. The number of hydrogen-bond acceptors (Lipinski definition) is 8. The van der Waals surface area contributed by atoms with Gasteiger partial charge in [-0.25, -0.2) is 18.2 Å². The van der Waals surface area contributed by atoms with Crippen molar-refractivity contribution in [3.05, 3.63) is 83.0 Å². The highest BCUT2D eigenvalue weighted by atomic mass is 32.2. The van der Waals surface area contributed by atoms with Crippen LogP contribution in [0.3, 0.4) is 0 Å². The third-order valence-electron chi connectivity index (χ3n) is 5.68. The number of aromatic nitrogens is 1. The molecule has 13 heteroatoms. The summed E-state index contributed by atoms with van der Waals surface area (Å²) in [5.41, 5.74) is -0.299. The van der Waals surface area contributed by atoms with Crippen LogP contribution in [0.25, 0.3) is 0 Å². The number of halogens is 3. The number of nitrogens with zero attached hydrogens (tertiary/aromatic N) is 2. The lowest BCUT2D eigenvalue weighted by Crippen LogP contribution is -2.39. The number of ether oxygens (including phenoxy) is 3. The predicted molar refractivity (Wildman–Crippen MR) is 133 cm³/mol. The molecule has 0 saturated carbocycles. The zero-order valence-electron chi connectivity index (χ0n) is 21.4. The van der Waals surface area contributed by atoms with Crippen molar-refractivity contribution in [3.8, 4) is 11.6 Å². The van der Waals surface area contributed by atoms with Gasteiger partial charge in [0.15, 0.2) is 0 Å². The molecule has 3 rings (SSSR count). The molecule has 3 aromatic rings. The molecule has 0 aliphatic heterocycles. The number of carbonyl (C=O) groups excluding carboxylic acids is 2. The minimum absolute atomic E-state index is 0.0126. The van der Waals surface area contributed by atoms with E-state index in [-0.39, 0.29) is 27.8 Å². The zero-order chi connectivity index (χ0) is 29.0. The van der Waals surface area contributed by atoms with Crippen molar-refractivity contribution in [1.29, 1.82) is 0 Å². The first kappa shape index (κ1) is 29.6. The van der Waals surface area contributed by atoms with E-state index in [2.05, 4.69) is 4.98 Å². The second kappa shape index (κ2) is 11.8. The minimum atomic E-state index is -4.53. The van der Waals surface area contributed by atoms with Crippen LogP contribution < -0.4 is 4.74 Å². The monoisotopic (exact) mass is 566 g/mol. The van der Waals surface area contributed by atoms with Crippen LogP contribution in [0.15, 0.2) is 65.6 Å². The number of methoxy groups -OCH3 is 2. The summed E-state index contributed by atoms with van der Waals surface area (Å²) in [7, 11) is -2.10. The Balaban J connectivity index is 2.07. The molecule has 0 radical (unpaired) electrons.